The van der Waals surface area contributed by atoms with Gasteiger partial charge in [0.2, 0.25) is 5.91 Å². The van der Waals surface area contributed by atoms with Crippen LogP contribution < -0.4 is 4.74 Å². The van der Waals surface area contributed by atoms with Gasteiger partial charge in [0.1, 0.15) is 5.75 Å². The summed E-state index contributed by atoms with van der Waals surface area (Å²) in [5.41, 5.74) is 1.75. The van der Waals surface area contributed by atoms with E-state index in [1.165, 1.54) is 0 Å². The smallest absolute Gasteiger partial charge is 0.230 e. The number of carbonyl (C=O) groups is 1. The molecule has 1 aromatic carbocycles. The summed E-state index contributed by atoms with van der Waals surface area (Å²) in [6.45, 7) is 8.62. The number of methoxy groups -OCH3 is 2. The van der Waals surface area contributed by atoms with Crippen molar-refractivity contribution in [2.45, 2.75) is 38.8 Å². The van der Waals surface area contributed by atoms with E-state index in [0.29, 0.717) is 19.2 Å². The second kappa shape index (κ2) is 9.01. The Morgan fingerprint density at radius 2 is 2.06 bits per heavy atom. The van der Waals surface area contributed by atoms with E-state index < -0.39 is 5.41 Å². The summed E-state index contributed by atoms with van der Waals surface area (Å²) in [6, 6.07) is 8.48. The molecule has 0 N–H and O–H groups in total. The Balaban J connectivity index is 1.63. The summed E-state index contributed by atoms with van der Waals surface area (Å²) in [7, 11) is 3.39. The largest absolute Gasteiger partial charge is 0.496 e. The molecule has 2 unspecified atom stereocenters. The summed E-state index contributed by atoms with van der Waals surface area (Å²) < 4.78 is 12.9. The van der Waals surface area contributed by atoms with E-state index in [1.54, 1.807) is 14.2 Å². The van der Waals surface area contributed by atoms with Crippen LogP contribution in [0.15, 0.2) is 36.8 Å². The van der Waals surface area contributed by atoms with Crippen LogP contribution in [-0.2, 0) is 16.1 Å². The first-order valence-electron chi connectivity index (χ1n) is 11.1. The number of likely N-dealkylation sites (tertiary alicyclic amines) is 2. The van der Waals surface area contributed by atoms with Crippen molar-refractivity contribution in [2.24, 2.45) is 5.41 Å². The fraction of sp³-hybridized carbons (Fsp3) is 0.583. The minimum absolute atomic E-state index is 0.0854. The number of rotatable bonds is 8. The molecule has 1 amide bonds. The number of aromatic nitrogens is 2. The fourth-order valence-corrected chi connectivity index (χ4v) is 5.14. The molecule has 3 heterocycles. The molecule has 0 radical (unpaired) electrons. The summed E-state index contributed by atoms with van der Waals surface area (Å²) in [5.74, 6) is 1.22. The van der Waals surface area contributed by atoms with Crippen LogP contribution in [-0.4, -0.2) is 72.3 Å². The van der Waals surface area contributed by atoms with Gasteiger partial charge in [-0.2, -0.15) is 0 Å². The van der Waals surface area contributed by atoms with E-state index in [0.717, 1.165) is 49.6 Å². The van der Waals surface area contributed by atoms with Crippen molar-refractivity contribution >= 4 is 5.91 Å². The van der Waals surface area contributed by atoms with Gasteiger partial charge in [-0.15, -0.1) is 0 Å². The Hall–Kier alpha value is -2.38. The van der Waals surface area contributed by atoms with E-state index in [1.807, 2.05) is 29.4 Å². The van der Waals surface area contributed by atoms with Crippen molar-refractivity contribution in [3.05, 3.63) is 48.0 Å². The summed E-state index contributed by atoms with van der Waals surface area (Å²) >= 11 is 0. The molecule has 0 aliphatic carbocycles. The molecular formula is C24H34N4O3. The number of hydrogen-bond donors (Lipinski definition) is 0. The SMILES string of the molecule is COCCN1CCC2(CN(Cc3ccccc3OC)CC2c2cn(C(C)C)cn2)C1=O. The standard InChI is InChI=1S/C24H34N4O3/c1-18(2)28-15-21(25-17-28)20-14-26(13-19-7-5-6-8-22(19)31-4)16-24(20)9-10-27(23(24)29)11-12-30-3/h5-8,15,17-18,20H,9-14,16H2,1-4H3. The number of imidazole rings is 1. The van der Waals surface area contributed by atoms with Crippen LogP contribution in [0.2, 0.25) is 0 Å². The molecule has 4 rings (SSSR count). The second-order valence-corrected chi connectivity index (χ2v) is 9.06. The summed E-state index contributed by atoms with van der Waals surface area (Å²) in [6.07, 6.45) is 4.89. The van der Waals surface area contributed by atoms with Crippen LogP contribution >= 0.6 is 0 Å². The van der Waals surface area contributed by atoms with Crippen LogP contribution in [0, 0.1) is 5.41 Å². The number of nitrogens with zero attached hydrogens (tertiary/aromatic N) is 4. The molecule has 7 nitrogen and oxygen atoms in total. The maximum Gasteiger partial charge on any atom is 0.230 e. The Morgan fingerprint density at radius 1 is 1.26 bits per heavy atom. The highest BCUT2D eigenvalue weighted by atomic mass is 16.5. The van der Waals surface area contributed by atoms with Gasteiger partial charge in [-0.25, -0.2) is 4.98 Å². The van der Waals surface area contributed by atoms with Crippen LogP contribution in [0.4, 0.5) is 0 Å². The minimum atomic E-state index is -0.425. The highest BCUT2D eigenvalue weighted by molar-refractivity contribution is 5.86. The van der Waals surface area contributed by atoms with E-state index >= 15 is 0 Å². The topological polar surface area (TPSA) is 59.8 Å². The van der Waals surface area contributed by atoms with Crippen molar-refractivity contribution < 1.29 is 14.3 Å². The first-order valence-corrected chi connectivity index (χ1v) is 11.1. The lowest BCUT2D eigenvalue weighted by Gasteiger charge is -2.28. The minimum Gasteiger partial charge on any atom is -0.496 e. The van der Waals surface area contributed by atoms with Crippen LogP contribution in [0.3, 0.4) is 0 Å². The quantitative estimate of drug-likeness (QED) is 0.650. The van der Waals surface area contributed by atoms with Gasteiger partial charge in [0.05, 0.1) is 31.2 Å². The first-order chi connectivity index (χ1) is 15.0. The molecule has 1 aromatic heterocycles. The molecule has 2 fully saturated rings. The van der Waals surface area contributed by atoms with Crippen molar-refractivity contribution in [1.29, 1.82) is 0 Å². The van der Waals surface area contributed by atoms with Gasteiger partial charge < -0.3 is 18.9 Å². The lowest BCUT2D eigenvalue weighted by molar-refractivity contribution is -0.136. The molecule has 1 spiro atoms. The number of amides is 1. The van der Waals surface area contributed by atoms with Crippen LogP contribution in [0.1, 0.15) is 43.5 Å². The monoisotopic (exact) mass is 426 g/mol. The van der Waals surface area contributed by atoms with E-state index in [2.05, 4.69) is 35.6 Å². The zero-order valence-electron chi connectivity index (χ0n) is 19.1. The summed E-state index contributed by atoms with van der Waals surface area (Å²) in [4.78, 5) is 22.8. The predicted molar refractivity (Wildman–Crippen MR) is 119 cm³/mol. The van der Waals surface area contributed by atoms with Gasteiger partial charge in [-0.1, -0.05) is 18.2 Å². The zero-order chi connectivity index (χ0) is 22.0. The number of hydrogen-bond acceptors (Lipinski definition) is 5. The van der Waals surface area contributed by atoms with E-state index in [4.69, 9.17) is 14.5 Å². The van der Waals surface area contributed by atoms with Crippen molar-refractivity contribution in [1.82, 2.24) is 19.4 Å². The maximum atomic E-state index is 13.7. The number of ether oxygens (including phenoxy) is 2. The fourth-order valence-electron chi connectivity index (χ4n) is 5.14. The number of carbonyl (C=O) groups excluding carboxylic acids is 1. The third-order valence-corrected chi connectivity index (χ3v) is 6.88. The molecule has 2 aliphatic heterocycles. The Bertz CT molecular complexity index is 912. The Labute approximate surface area is 184 Å². The van der Waals surface area contributed by atoms with E-state index in [9.17, 15) is 4.79 Å². The highest BCUT2D eigenvalue weighted by Gasteiger charge is 2.57. The lowest BCUT2D eigenvalue weighted by atomic mass is 9.75. The molecule has 168 valence electrons. The molecule has 2 aliphatic rings. The van der Waals surface area contributed by atoms with Gasteiger partial charge in [0.25, 0.3) is 0 Å². The third-order valence-electron chi connectivity index (χ3n) is 6.88. The van der Waals surface area contributed by atoms with Crippen LogP contribution in [0.5, 0.6) is 5.75 Å². The Morgan fingerprint density at radius 3 is 2.77 bits per heavy atom. The number of para-hydroxylation sites is 1. The van der Waals surface area contributed by atoms with E-state index in [-0.39, 0.29) is 11.8 Å². The van der Waals surface area contributed by atoms with Crippen molar-refractivity contribution in [3.8, 4) is 5.75 Å². The molecule has 7 heteroatoms. The van der Waals surface area contributed by atoms with Crippen molar-refractivity contribution in [3.63, 3.8) is 0 Å². The summed E-state index contributed by atoms with van der Waals surface area (Å²) in [5, 5.41) is 0. The first kappa shape index (κ1) is 21.8. The normalized spacial score (nSPS) is 24.1. The Kier molecular flexibility index (Phi) is 6.34. The number of benzene rings is 1. The third kappa shape index (κ3) is 4.08. The molecule has 0 bridgehead atoms. The molecular weight excluding hydrogens is 392 g/mol. The zero-order valence-corrected chi connectivity index (χ0v) is 19.1. The molecule has 31 heavy (non-hydrogen) atoms. The van der Waals surface area contributed by atoms with Gasteiger partial charge in [0, 0.05) is 63.6 Å². The van der Waals surface area contributed by atoms with Gasteiger partial charge in [0.15, 0.2) is 0 Å². The molecule has 0 saturated carbocycles. The van der Waals surface area contributed by atoms with Gasteiger partial charge in [-0.3, -0.25) is 9.69 Å². The average Bonchev–Trinajstić information content (AvgIpc) is 3.46. The lowest BCUT2D eigenvalue weighted by Crippen LogP contribution is -2.40. The highest BCUT2D eigenvalue weighted by Crippen LogP contribution is 2.50. The molecule has 2 saturated heterocycles. The van der Waals surface area contributed by atoms with Gasteiger partial charge >= 0.3 is 0 Å². The van der Waals surface area contributed by atoms with Gasteiger partial charge in [-0.05, 0) is 26.3 Å². The second-order valence-electron chi connectivity index (χ2n) is 9.06. The molecule has 2 aromatic rings. The average molecular weight is 427 g/mol. The van der Waals surface area contributed by atoms with Crippen LogP contribution in [0.25, 0.3) is 0 Å². The maximum absolute atomic E-state index is 13.7. The molecule has 2 atom stereocenters. The predicted octanol–water partition coefficient (Wildman–Crippen LogP) is 2.94. The van der Waals surface area contributed by atoms with Crippen molar-refractivity contribution in [2.75, 3.05) is 47.0 Å².